The molecule has 4 rings (SSSR count). The molecule has 1 heterocycles. The maximum atomic E-state index is 15.4. The van der Waals surface area contributed by atoms with Crippen LogP contribution in [0.4, 0.5) is 17.6 Å². The van der Waals surface area contributed by atoms with Gasteiger partial charge in [-0.15, -0.1) is 0 Å². The van der Waals surface area contributed by atoms with Crippen molar-refractivity contribution in [1.82, 2.24) is 9.13 Å². The van der Waals surface area contributed by atoms with E-state index in [2.05, 4.69) is 0 Å². The van der Waals surface area contributed by atoms with E-state index in [0.717, 1.165) is 21.3 Å². The quantitative estimate of drug-likeness (QED) is 0.288. The summed E-state index contributed by atoms with van der Waals surface area (Å²) >= 11 is 0. The number of aromatic nitrogens is 2. The highest BCUT2D eigenvalue weighted by molar-refractivity contribution is 6.33. The molecule has 4 aromatic rings. The van der Waals surface area contributed by atoms with Crippen molar-refractivity contribution in [3.05, 3.63) is 116 Å². The van der Waals surface area contributed by atoms with E-state index in [1.54, 1.807) is 30.3 Å². The summed E-state index contributed by atoms with van der Waals surface area (Å²) in [6.45, 7) is 0.438. The van der Waals surface area contributed by atoms with Crippen molar-refractivity contribution in [3.8, 4) is 16.9 Å². The third-order valence-electron chi connectivity index (χ3n) is 6.58. The number of benzene rings is 3. The Kier molecular flexibility index (Phi) is 7.83. The molecule has 0 aliphatic heterocycles. The summed E-state index contributed by atoms with van der Waals surface area (Å²) in [5, 5.41) is 0. The zero-order valence-electron chi connectivity index (χ0n) is 21.1. The predicted molar refractivity (Wildman–Crippen MR) is 141 cm³/mol. The van der Waals surface area contributed by atoms with Gasteiger partial charge >= 0.3 is 11.9 Å². The Hall–Kier alpha value is -4.12. The van der Waals surface area contributed by atoms with Gasteiger partial charge in [0.15, 0.2) is 11.6 Å². The minimum atomic E-state index is -4.76. The van der Waals surface area contributed by atoms with Crippen LogP contribution in [0.1, 0.15) is 28.4 Å². The van der Waals surface area contributed by atoms with E-state index in [0.29, 0.717) is 5.56 Å². The second kappa shape index (κ2) is 10.9. The van der Waals surface area contributed by atoms with E-state index < -0.39 is 41.4 Å². The molecule has 0 aliphatic rings. The van der Waals surface area contributed by atoms with E-state index in [9.17, 15) is 22.8 Å². The number of rotatable bonds is 7. The topological polar surface area (TPSA) is 79.2 Å². The lowest BCUT2D eigenvalue weighted by molar-refractivity contribution is -0.138. The molecule has 0 spiro atoms. The third kappa shape index (κ3) is 5.40. The van der Waals surface area contributed by atoms with E-state index >= 15 is 4.39 Å². The molecule has 0 aliphatic carbocycles. The maximum absolute atomic E-state index is 15.4. The number of nitrogens with two attached hydrogens (primary N) is 1. The van der Waals surface area contributed by atoms with Crippen LogP contribution in [0, 0.1) is 12.7 Å². The smallest absolute Gasteiger partial charge is 0.416 e. The Morgan fingerprint density at radius 2 is 1.64 bits per heavy atom. The van der Waals surface area contributed by atoms with Gasteiger partial charge in [-0.05, 0) is 30.2 Å². The number of nitrogens with zero attached hydrogens (tertiary/aromatic N) is 2. The number of hydrogen-bond acceptors (Lipinski definition) is 4. The largest absolute Gasteiger partial charge is 0.494 e. The summed E-state index contributed by atoms with van der Waals surface area (Å²) in [5.41, 5.74) is 3.17. The summed E-state index contributed by atoms with van der Waals surface area (Å²) in [7, 11) is 7.18. The number of methoxy groups -OCH3 is 1. The van der Waals surface area contributed by atoms with Gasteiger partial charge in [-0.3, -0.25) is 13.9 Å². The van der Waals surface area contributed by atoms with E-state index in [1.165, 1.54) is 38.3 Å². The second-order valence-electron chi connectivity index (χ2n) is 8.95. The average Bonchev–Trinajstić information content (AvgIpc) is 2.90. The highest BCUT2D eigenvalue weighted by atomic mass is 19.4. The van der Waals surface area contributed by atoms with Crippen LogP contribution in [0.25, 0.3) is 11.1 Å². The molecule has 6 nitrogen and oxygen atoms in total. The Balaban J connectivity index is 2.00. The van der Waals surface area contributed by atoms with E-state index in [4.69, 9.17) is 18.3 Å². The van der Waals surface area contributed by atoms with Crippen LogP contribution in [-0.4, -0.2) is 24.1 Å². The first-order valence-corrected chi connectivity index (χ1v) is 11.9. The molecular weight excluding hydrogens is 513 g/mol. The van der Waals surface area contributed by atoms with Gasteiger partial charge in [-0.1, -0.05) is 60.1 Å². The molecule has 0 saturated heterocycles. The lowest BCUT2D eigenvalue weighted by Crippen LogP contribution is -2.44. The molecule has 0 fully saturated rings. The minimum absolute atomic E-state index is 0.0435. The molecule has 2 radical (unpaired) electrons. The fraction of sp³-hybridized carbons (Fsp3) is 0.214. The first-order valence-electron chi connectivity index (χ1n) is 11.9. The van der Waals surface area contributed by atoms with Crippen LogP contribution in [0.5, 0.6) is 5.75 Å². The normalized spacial score (nSPS) is 12.4. The van der Waals surface area contributed by atoms with Crippen molar-refractivity contribution in [2.45, 2.75) is 32.2 Å². The predicted octanol–water partition coefficient (Wildman–Crippen LogP) is 3.69. The van der Waals surface area contributed by atoms with Crippen LogP contribution in [0.2, 0.25) is 0 Å². The van der Waals surface area contributed by atoms with Gasteiger partial charge in [-0.25, -0.2) is 9.18 Å². The van der Waals surface area contributed by atoms with E-state index in [1.807, 2.05) is 0 Å². The molecule has 1 atom stereocenters. The number of halogens is 4. The lowest BCUT2D eigenvalue weighted by Gasteiger charge is -2.22. The Bertz CT molecular complexity index is 1630. The van der Waals surface area contributed by atoms with Crippen molar-refractivity contribution < 1.29 is 22.3 Å². The van der Waals surface area contributed by atoms with Gasteiger partial charge in [0.2, 0.25) is 0 Å². The summed E-state index contributed by atoms with van der Waals surface area (Å²) in [6.07, 6.45) is -4.76. The molecule has 1 aromatic heterocycles. The molecular formula is C28H24BF4N3O3. The molecule has 200 valence electrons. The fourth-order valence-corrected chi connectivity index (χ4v) is 4.53. The van der Waals surface area contributed by atoms with Gasteiger partial charge < -0.3 is 10.5 Å². The molecule has 0 unspecified atom stereocenters. The van der Waals surface area contributed by atoms with E-state index in [-0.39, 0.29) is 40.1 Å². The molecule has 2 N–H and O–H groups in total. The molecule has 0 amide bonds. The van der Waals surface area contributed by atoms with Crippen LogP contribution < -0.4 is 27.2 Å². The summed E-state index contributed by atoms with van der Waals surface area (Å²) < 4.78 is 63.7. The van der Waals surface area contributed by atoms with Crippen LogP contribution >= 0.6 is 0 Å². The van der Waals surface area contributed by atoms with Gasteiger partial charge in [0, 0.05) is 17.3 Å². The number of ether oxygens (including phenoxy) is 1. The fourth-order valence-electron chi connectivity index (χ4n) is 4.53. The number of hydrogen-bond donors (Lipinski definition) is 1. The van der Waals surface area contributed by atoms with Crippen LogP contribution in [0.15, 0.2) is 76.3 Å². The van der Waals surface area contributed by atoms with Gasteiger partial charge in [0.05, 0.1) is 31.3 Å². The zero-order valence-corrected chi connectivity index (χ0v) is 21.1. The third-order valence-corrected chi connectivity index (χ3v) is 6.58. The number of alkyl halides is 3. The summed E-state index contributed by atoms with van der Waals surface area (Å²) in [4.78, 5) is 27.4. The standard InChI is InChI=1S/C28H24BF4N3O3/c1-16-24(18-10-6-13-23(39-2)25(18)30)26(37)36(15-22(34)17-8-4-3-5-9-17)27(38)35(16)14-19-20(28(31,32)33)11-7-12-21(19)29/h3-13,22H,14-15,34H2,1-2H3/t22-/m0/s1. The van der Waals surface area contributed by atoms with Gasteiger partial charge in [-0.2, -0.15) is 13.2 Å². The Morgan fingerprint density at radius 1 is 0.974 bits per heavy atom. The Morgan fingerprint density at radius 3 is 2.28 bits per heavy atom. The Labute approximate surface area is 222 Å². The maximum Gasteiger partial charge on any atom is 0.416 e. The molecule has 11 heteroatoms. The average molecular weight is 537 g/mol. The van der Waals surface area contributed by atoms with Crippen molar-refractivity contribution in [3.63, 3.8) is 0 Å². The van der Waals surface area contributed by atoms with Crippen molar-refractivity contribution in [1.29, 1.82) is 0 Å². The SMILES string of the molecule is [B]c1cccc(C(F)(F)F)c1Cn1c(C)c(-c2cccc(OC)c2F)c(=O)n(C[C@H](N)c2ccccc2)c1=O. The van der Waals surface area contributed by atoms with Crippen molar-refractivity contribution in [2.75, 3.05) is 7.11 Å². The first-order chi connectivity index (χ1) is 18.5. The van der Waals surface area contributed by atoms with Gasteiger partial charge in [0.1, 0.15) is 7.85 Å². The highest BCUT2D eigenvalue weighted by Crippen LogP contribution is 2.32. The van der Waals surface area contributed by atoms with Gasteiger partial charge in [0.25, 0.3) is 5.56 Å². The molecule has 0 saturated carbocycles. The minimum Gasteiger partial charge on any atom is -0.494 e. The zero-order chi connectivity index (χ0) is 28.5. The lowest BCUT2D eigenvalue weighted by atomic mass is 9.87. The summed E-state index contributed by atoms with van der Waals surface area (Å²) in [5.74, 6) is -1.01. The van der Waals surface area contributed by atoms with Crippen LogP contribution in [0.3, 0.4) is 0 Å². The van der Waals surface area contributed by atoms with Crippen LogP contribution in [-0.2, 0) is 19.3 Å². The molecule has 39 heavy (non-hydrogen) atoms. The first kappa shape index (κ1) is 27.9. The molecule has 0 bridgehead atoms. The second-order valence-corrected chi connectivity index (χ2v) is 8.95. The monoisotopic (exact) mass is 537 g/mol. The molecule has 3 aromatic carbocycles. The summed E-state index contributed by atoms with van der Waals surface area (Å²) in [6, 6.07) is 15.3. The highest BCUT2D eigenvalue weighted by Gasteiger charge is 2.34. The van der Waals surface area contributed by atoms with Crippen molar-refractivity contribution in [2.24, 2.45) is 5.73 Å². The van der Waals surface area contributed by atoms with Crippen molar-refractivity contribution >= 4 is 13.3 Å².